The summed E-state index contributed by atoms with van der Waals surface area (Å²) >= 11 is 0. The summed E-state index contributed by atoms with van der Waals surface area (Å²) in [7, 11) is 0. The number of benzene rings is 2. The van der Waals surface area contributed by atoms with E-state index in [1.165, 1.54) is 0 Å². The van der Waals surface area contributed by atoms with Crippen LogP contribution in [0.3, 0.4) is 0 Å². The van der Waals surface area contributed by atoms with Crippen LogP contribution in [-0.2, 0) is 0 Å². The Morgan fingerprint density at radius 3 is 2.03 bits per heavy atom. The fraction of sp³-hybridized carbons (Fsp3) is 0.143. The van der Waals surface area contributed by atoms with Crippen molar-refractivity contribution >= 4 is 6.08 Å². The van der Waals surface area contributed by atoms with E-state index in [1.807, 2.05) is 6.92 Å². The Morgan fingerprint density at radius 1 is 0.966 bits per heavy atom. The molecule has 0 aromatic heterocycles. The highest BCUT2D eigenvalue weighted by Crippen LogP contribution is 2.37. The Bertz CT molecular complexity index is 950. The first-order valence-electron chi connectivity index (χ1n) is 8.23. The zero-order valence-corrected chi connectivity index (χ0v) is 15.3. The summed E-state index contributed by atoms with van der Waals surface area (Å²) in [4.78, 5) is 0. The van der Waals surface area contributed by atoms with Gasteiger partial charge in [-0.2, -0.15) is 8.78 Å². The van der Waals surface area contributed by atoms with Crippen LogP contribution in [0.15, 0.2) is 65.8 Å². The molecule has 0 atom stereocenters. The average Bonchev–Trinajstić information content (AvgIpc) is 2.65. The topological polar surface area (TPSA) is 9.23 Å². The van der Waals surface area contributed by atoms with E-state index < -0.39 is 46.5 Å². The van der Waals surface area contributed by atoms with Crippen molar-refractivity contribution in [1.82, 2.24) is 0 Å². The van der Waals surface area contributed by atoms with Crippen LogP contribution in [0.1, 0.15) is 18.1 Å². The molecule has 0 aliphatic heterocycles. The molecule has 0 fully saturated rings. The molecule has 2 aromatic rings. The molecular formula is C21H15F7O. The van der Waals surface area contributed by atoms with Gasteiger partial charge in [0.05, 0.1) is 0 Å². The number of allylic oxidation sites excluding steroid dienone is 3. The van der Waals surface area contributed by atoms with Crippen LogP contribution >= 0.6 is 0 Å². The molecule has 2 rings (SSSR count). The fourth-order valence-electron chi connectivity index (χ4n) is 2.26. The lowest BCUT2D eigenvalue weighted by Gasteiger charge is -2.20. The number of hydrogen-bond acceptors (Lipinski definition) is 1. The second-order valence-corrected chi connectivity index (χ2v) is 5.92. The SMILES string of the molecule is C\C=C(F)/C(=C(F)\C=C\c1ccc(C)cc1)C(F)(F)Oc1cc(F)c(F)c(F)c1. The van der Waals surface area contributed by atoms with Crippen molar-refractivity contribution in [2.24, 2.45) is 0 Å². The Balaban J connectivity index is 2.43. The Kier molecular flexibility index (Phi) is 6.89. The van der Waals surface area contributed by atoms with E-state index in [0.717, 1.165) is 18.6 Å². The van der Waals surface area contributed by atoms with Gasteiger partial charge in [-0.25, -0.2) is 22.0 Å². The summed E-state index contributed by atoms with van der Waals surface area (Å²) in [5, 5.41) is 0. The molecule has 0 aliphatic carbocycles. The summed E-state index contributed by atoms with van der Waals surface area (Å²) in [5.74, 6) is -9.97. The van der Waals surface area contributed by atoms with Crippen LogP contribution in [0, 0.1) is 24.4 Å². The Hall–Kier alpha value is -3.03. The molecule has 0 amide bonds. The average molecular weight is 416 g/mol. The monoisotopic (exact) mass is 416 g/mol. The van der Waals surface area contributed by atoms with Gasteiger partial charge in [-0.15, -0.1) is 0 Å². The molecule has 0 bridgehead atoms. The van der Waals surface area contributed by atoms with E-state index in [1.54, 1.807) is 24.3 Å². The molecule has 1 nitrogen and oxygen atoms in total. The molecule has 29 heavy (non-hydrogen) atoms. The Labute approximate surface area is 162 Å². The molecule has 0 spiro atoms. The van der Waals surface area contributed by atoms with Crippen LogP contribution in [0.25, 0.3) is 6.08 Å². The molecule has 8 heteroatoms. The quantitative estimate of drug-likeness (QED) is 0.275. The van der Waals surface area contributed by atoms with Gasteiger partial charge >= 0.3 is 6.11 Å². The van der Waals surface area contributed by atoms with Crippen LogP contribution in [0.4, 0.5) is 30.7 Å². The maximum absolute atomic E-state index is 14.4. The van der Waals surface area contributed by atoms with Gasteiger partial charge in [-0.1, -0.05) is 42.0 Å². The van der Waals surface area contributed by atoms with E-state index >= 15 is 0 Å². The second-order valence-electron chi connectivity index (χ2n) is 5.92. The van der Waals surface area contributed by atoms with Crippen molar-refractivity contribution in [1.29, 1.82) is 0 Å². The van der Waals surface area contributed by atoms with Crippen molar-refractivity contribution < 1.29 is 35.5 Å². The van der Waals surface area contributed by atoms with E-state index in [0.29, 0.717) is 17.7 Å². The second kappa shape index (κ2) is 8.98. The van der Waals surface area contributed by atoms with E-state index in [2.05, 4.69) is 4.74 Å². The molecular weight excluding hydrogens is 401 g/mol. The van der Waals surface area contributed by atoms with Crippen molar-refractivity contribution in [3.63, 3.8) is 0 Å². The third-order valence-corrected chi connectivity index (χ3v) is 3.72. The van der Waals surface area contributed by atoms with Gasteiger partial charge in [0.15, 0.2) is 17.5 Å². The minimum atomic E-state index is -4.66. The zero-order chi connectivity index (χ0) is 21.8. The van der Waals surface area contributed by atoms with Crippen LogP contribution in [-0.4, -0.2) is 6.11 Å². The van der Waals surface area contributed by atoms with Gasteiger partial charge in [0.1, 0.15) is 23.0 Å². The highest BCUT2D eigenvalue weighted by molar-refractivity contribution is 5.54. The summed E-state index contributed by atoms with van der Waals surface area (Å²) < 4.78 is 101. The van der Waals surface area contributed by atoms with E-state index in [9.17, 15) is 30.7 Å². The van der Waals surface area contributed by atoms with Gasteiger partial charge in [0.25, 0.3) is 0 Å². The first-order valence-corrected chi connectivity index (χ1v) is 8.23. The maximum Gasteiger partial charge on any atom is 0.432 e. The van der Waals surface area contributed by atoms with Gasteiger partial charge in [0.2, 0.25) is 0 Å². The van der Waals surface area contributed by atoms with Crippen LogP contribution in [0.2, 0.25) is 0 Å². The van der Waals surface area contributed by atoms with Gasteiger partial charge in [-0.05, 0) is 25.5 Å². The minimum absolute atomic E-state index is 0.136. The highest BCUT2D eigenvalue weighted by Gasteiger charge is 2.42. The van der Waals surface area contributed by atoms with Gasteiger partial charge in [0, 0.05) is 12.1 Å². The third-order valence-electron chi connectivity index (χ3n) is 3.72. The number of rotatable bonds is 6. The summed E-state index contributed by atoms with van der Waals surface area (Å²) in [6.07, 6.45) is -2.36. The van der Waals surface area contributed by atoms with E-state index in [-0.39, 0.29) is 12.1 Å². The van der Waals surface area contributed by atoms with Gasteiger partial charge < -0.3 is 4.74 Å². The predicted molar refractivity (Wildman–Crippen MR) is 95.1 cm³/mol. The number of aryl methyl sites for hydroxylation is 1. The maximum atomic E-state index is 14.4. The molecule has 0 saturated carbocycles. The van der Waals surface area contributed by atoms with Crippen molar-refractivity contribution in [2.75, 3.05) is 0 Å². The van der Waals surface area contributed by atoms with Crippen LogP contribution < -0.4 is 4.74 Å². The zero-order valence-electron chi connectivity index (χ0n) is 15.3. The van der Waals surface area contributed by atoms with Crippen LogP contribution in [0.5, 0.6) is 5.75 Å². The number of ether oxygens (including phenoxy) is 1. The Morgan fingerprint density at radius 2 is 1.52 bits per heavy atom. The molecule has 0 N–H and O–H groups in total. The van der Waals surface area contributed by atoms with Crippen molar-refractivity contribution in [3.8, 4) is 5.75 Å². The smallest absolute Gasteiger partial charge is 0.429 e. The lowest BCUT2D eigenvalue weighted by molar-refractivity contribution is -0.143. The molecule has 0 heterocycles. The normalized spacial score (nSPS) is 13.6. The molecule has 0 saturated heterocycles. The predicted octanol–water partition coefficient (Wildman–Crippen LogP) is 7.19. The first kappa shape index (κ1) is 22.3. The molecule has 0 aliphatic rings. The highest BCUT2D eigenvalue weighted by atomic mass is 19.3. The first-order chi connectivity index (χ1) is 13.5. The summed E-state index contributed by atoms with van der Waals surface area (Å²) in [6, 6.07) is 6.84. The lowest BCUT2D eigenvalue weighted by Crippen LogP contribution is -2.29. The standard InChI is InChI=1S/C21H15F7O/c1-3-15(22)19(16(23)9-8-13-6-4-12(2)5-7-13)21(27,28)29-14-10-17(24)20(26)18(25)11-14/h3-11H,1-2H3/b9-8+,15-3+,19-16-. The summed E-state index contributed by atoms with van der Waals surface area (Å²) in [6.45, 7) is 2.85. The fourth-order valence-corrected chi connectivity index (χ4v) is 2.26. The molecule has 2 aromatic carbocycles. The molecule has 0 radical (unpaired) electrons. The lowest BCUT2D eigenvalue weighted by atomic mass is 10.1. The van der Waals surface area contributed by atoms with Crippen molar-refractivity contribution in [2.45, 2.75) is 20.0 Å². The largest absolute Gasteiger partial charge is 0.432 e. The molecule has 154 valence electrons. The van der Waals surface area contributed by atoms with Crippen molar-refractivity contribution in [3.05, 3.63) is 94.4 Å². The number of hydrogen-bond donors (Lipinski definition) is 0. The minimum Gasteiger partial charge on any atom is -0.429 e. The number of alkyl halides is 2. The van der Waals surface area contributed by atoms with Gasteiger partial charge in [-0.3, -0.25) is 0 Å². The summed E-state index contributed by atoms with van der Waals surface area (Å²) in [5.41, 5.74) is -0.413. The molecule has 0 unspecified atom stereocenters. The van der Waals surface area contributed by atoms with E-state index in [4.69, 9.17) is 0 Å². The number of halogens is 7. The third kappa shape index (κ3) is 5.49.